The van der Waals surface area contributed by atoms with Gasteiger partial charge >= 0.3 is 0 Å². The molecule has 1 aliphatic rings. The number of hydrogen-bond acceptors (Lipinski definition) is 4. The van der Waals surface area contributed by atoms with Crippen molar-refractivity contribution < 1.29 is 19.4 Å². The van der Waals surface area contributed by atoms with Gasteiger partial charge in [0.15, 0.2) is 0 Å². The molecule has 104 valence electrons. The zero-order valence-corrected chi connectivity index (χ0v) is 11.1. The van der Waals surface area contributed by atoms with Gasteiger partial charge in [0.25, 0.3) is 0 Å². The van der Waals surface area contributed by atoms with Crippen LogP contribution >= 0.6 is 0 Å². The molecule has 0 spiro atoms. The normalized spacial score (nSPS) is 14.3. The Bertz CT molecular complexity index is 447. The van der Waals surface area contributed by atoms with E-state index in [1.54, 1.807) is 24.1 Å². The summed E-state index contributed by atoms with van der Waals surface area (Å²) in [5.41, 5.74) is 2.21. The molecule has 0 unspecified atom stereocenters. The summed E-state index contributed by atoms with van der Waals surface area (Å²) in [6.45, 7) is 2.23. The third kappa shape index (κ3) is 3.68. The van der Waals surface area contributed by atoms with Crippen molar-refractivity contribution in [1.82, 2.24) is 4.90 Å². The number of fused-ring (bicyclic) bond motifs is 1. The largest absolute Gasteiger partial charge is 0.508 e. The number of amides is 1. The van der Waals surface area contributed by atoms with Crippen LogP contribution in [-0.2, 0) is 27.2 Å². The van der Waals surface area contributed by atoms with E-state index < -0.39 is 0 Å². The lowest BCUT2D eigenvalue weighted by Crippen LogP contribution is -2.38. The summed E-state index contributed by atoms with van der Waals surface area (Å²) in [4.78, 5) is 13.7. The summed E-state index contributed by atoms with van der Waals surface area (Å²) < 4.78 is 10.1. The molecule has 1 heterocycles. The van der Waals surface area contributed by atoms with Crippen molar-refractivity contribution in [1.29, 1.82) is 0 Å². The zero-order valence-electron chi connectivity index (χ0n) is 11.1. The summed E-state index contributed by atoms with van der Waals surface area (Å²) in [6.07, 6.45) is 0.819. The second-order valence-electron chi connectivity index (χ2n) is 4.56. The molecular formula is C14H19NO4. The lowest BCUT2D eigenvalue weighted by atomic mass is 9.99. The van der Waals surface area contributed by atoms with Crippen molar-refractivity contribution in [3.8, 4) is 5.75 Å². The van der Waals surface area contributed by atoms with Crippen LogP contribution in [0.4, 0.5) is 0 Å². The number of hydrogen-bond donors (Lipinski definition) is 1. The molecule has 0 atom stereocenters. The fourth-order valence-corrected chi connectivity index (χ4v) is 2.15. The SMILES string of the molecule is COCCOCC(=O)N1CCc2ccc(O)cc2C1. The van der Waals surface area contributed by atoms with Crippen LogP contribution in [-0.4, -0.2) is 49.4 Å². The minimum atomic E-state index is -0.0231. The molecule has 5 nitrogen and oxygen atoms in total. The van der Waals surface area contributed by atoms with E-state index in [4.69, 9.17) is 9.47 Å². The quantitative estimate of drug-likeness (QED) is 0.805. The first-order chi connectivity index (χ1) is 9.20. The number of benzene rings is 1. The van der Waals surface area contributed by atoms with Crippen molar-refractivity contribution in [3.63, 3.8) is 0 Å². The first-order valence-electron chi connectivity index (χ1n) is 6.36. The van der Waals surface area contributed by atoms with Gasteiger partial charge in [-0.1, -0.05) is 6.07 Å². The summed E-state index contributed by atoms with van der Waals surface area (Å²) in [7, 11) is 1.60. The average molecular weight is 265 g/mol. The third-order valence-corrected chi connectivity index (χ3v) is 3.21. The van der Waals surface area contributed by atoms with Crippen LogP contribution < -0.4 is 0 Å². The second-order valence-corrected chi connectivity index (χ2v) is 4.56. The average Bonchev–Trinajstić information content (AvgIpc) is 2.42. The third-order valence-electron chi connectivity index (χ3n) is 3.21. The number of ether oxygens (including phenoxy) is 2. The monoisotopic (exact) mass is 265 g/mol. The van der Waals surface area contributed by atoms with Crippen molar-refractivity contribution in [3.05, 3.63) is 29.3 Å². The van der Waals surface area contributed by atoms with E-state index >= 15 is 0 Å². The first-order valence-corrected chi connectivity index (χ1v) is 6.36. The van der Waals surface area contributed by atoms with E-state index in [1.807, 2.05) is 6.07 Å². The number of nitrogens with zero attached hydrogens (tertiary/aromatic N) is 1. The van der Waals surface area contributed by atoms with Gasteiger partial charge < -0.3 is 19.5 Å². The van der Waals surface area contributed by atoms with Crippen molar-refractivity contribution in [2.24, 2.45) is 0 Å². The van der Waals surface area contributed by atoms with Gasteiger partial charge in [-0.2, -0.15) is 0 Å². The molecule has 0 bridgehead atoms. The molecule has 1 aromatic carbocycles. The topological polar surface area (TPSA) is 59.0 Å². The molecule has 1 aromatic rings. The maximum atomic E-state index is 12.0. The Morgan fingerprint density at radius 2 is 2.21 bits per heavy atom. The Morgan fingerprint density at radius 3 is 3.00 bits per heavy atom. The molecular weight excluding hydrogens is 246 g/mol. The molecule has 5 heteroatoms. The number of phenolic OH excluding ortho intramolecular Hbond substituents is 1. The van der Waals surface area contributed by atoms with Crippen LogP contribution in [0.25, 0.3) is 0 Å². The predicted molar refractivity (Wildman–Crippen MR) is 69.9 cm³/mol. The smallest absolute Gasteiger partial charge is 0.248 e. The van der Waals surface area contributed by atoms with E-state index in [0.717, 1.165) is 12.0 Å². The Morgan fingerprint density at radius 1 is 1.37 bits per heavy atom. The summed E-state index contributed by atoms with van der Waals surface area (Å²) in [6, 6.07) is 5.33. The number of carbonyl (C=O) groups is 1. The number of aromatic hydroxyl groups is 1. The van der Waals surface area contributed by atoms with Gasteiger partial charge in [-0.15, -0.1) is 0 Å². The summed E-state index contributed by atoms with van der Waals surface area (Å²) >= 11 is 0. The standard InChI is InChI=1S/C14H19NO4/c1-18-6-7-19-10-14(17)15-5-4-11-2-3-13(16)8-12(11)9-15/h2-3,8,16H,4-7,9-10H2,1H3. The lowest BCUT2D eigenvalue weighted by Gasteiger charge is -2.28. The second kappa shape index (κ2) is 6.54. The van der Waals surface area contributed by atoms with Crippen LogP contribution in [0.1, 0.15) is 11.1 Å². The summed E-state index contributed by atoms with van der Waals surface area (Å²) in [5, 5.41) is 9.47. The van der Waals surface area contributed by atoms with Gasteiger partial charge in [-0.05, 0) is 29.7 Å². The van der Waals surface area contributed by atoms with E-state index in [9.17, 15) is 9.90 Å². The fraction of sp³-hybridized carbons (Fsp3) is 0.500. The highest BCUT2D eigenvalue weighted by Gasteiger charge is 2.20. The van der Waals surface area contributed by atoms with Crippen molar-refractivity contribution in [2.45, 2.75) is 13.0 Å². The minimum absolute atomic E-state index is 0.0231. The van der Waals surface area contributed by atoms with Crippen LogP contribution in [0.15, 0.2) is 18.2 Å². The van der Waals surface area contributed by atoms with Crippen LogP contribution in [0.5, 0.6) is 5.75 Å². The van der Waals surface area contributed by atoms with E-state index in [0.29, 0.717) is 26.3 Å². The highest BCUT2D eigenvalue weighted by Crippen LogP contribution is 2.23. The van der Waals surface area contributed by atoms with Gasteiger partial charge in [0.05, 0.1) is 13.2 Å². The summed E-state index contributed by atoms with van der Waals surface area (Å²) in [5.74, 6) is 0.217. The van der Waals surface area contributed by atoms with Gasteiger partial charge in [0, 0.05) is 20.2 Å². The molecule has 2 rings (SSSR count). The van der Waals surface area contributed by atoms with Crippen molar-refractivity contribution >= 4 is 5.91 Å². The highest BCUT2D eigenvalue weighted by molar-refractivity contribution is 5.77. The van der Waals surface area contributed by atoms with Crippen LogP contribution in [0, 0.1) is 0 Å². The molecule has 1 amide bonds. The Hall–Kier alpha value is -1.59. The first kappa shape index (κ1) is 13.8. The van der Waals surface area contributed by atoms with Crippen LogP contribution in [0.3, 0.4) is 0 Å². The number of methoxy groups -OCH3 is 1. The number of carbonyl (C=O) groups excluding carboxylic acids is 1. The molecule has 1 aliphatic heterocycles. The molecule has 0 aliphatic carbocycles. The lowest BCUT2D eigenvalue weighted by molar-refractivity contribution is -0.137. The van der Waals surface area contributed by atoms with Crippen molar-refractivity contribution in [2.75, 3.05) is 33.5 Å². The molecule has 19 heavy (non-hydrogen) atoms. The Balaban J connectivity index is 1.88. The van der Waals surface area contributed by atoms with E-state index in [1.165, 1.54) is 5.56 Å². The Labute approximate surface area is 112 Å². The Kier molecular flexibility index (Phi) is 4.76. The van der Waals surface area contributed by atoms with Gasteiger partial charge in [0.1, 0.15) is 12.4 Å². The molecule has 0 aromatic heterocycles. The molecule has 0 saturated carbocycles. The predicted octanol–water partition coefficient (Wildman–Crippen LogP) is 0.940. The number of rotatable bonds is 5. The molecule has 1 N–H and O–H groups in total. The highest BCUT2D eigenvalue weighted by atomic mass is 16.5. The van der Waals surface area contributed by atoms with E-state index in [-0.39, 0.29) is 18.3 Å². The van der Waals surface area contributed by atoms with Gasteiger partial charge in [-0.25, -0.2) is 0 Å². The zero-order chi connectivity index (χ0) is 13.7. The van der Waals surface area contributed by atoms with Gasteiger partial charge in [-0.3, -0.25) is 4.79 Å². The van der Waals surface area contributed by atoms with Crippen LogP contribution in [0.2, 0.25) is 0 Å². The maximum absolute atomic E-state index is 12.0. The van der Waals surface area contributed by atoms with Gasteiger partial charge in [0.2, 0.25) is 5.91 Å². The maximum Gasteiger partial charge on any atom is 0.248 e. The molecule has 0 saturated heterocycles. The number of phenols is 1. The fourth-order valence-electron chi connectivity index (χ4n) is 2.15. The minimum Gasteiger partial charge on any atom is -0.508 e. The molecule has 0 radical (unpaired) electrons. The van der Waals surface area contributed by atoms with E-state index in [2.05, 4.69) is 0 Å². The molecule has 0 fully saturated rings.